The molecule has 0 aliphatic heterocycles. The van der Waals surface area contributed by atoms with Gasteiger partial charge in [0.2, 0.25) is 5.91 Å². The Labute approximate surface area is 113 Å². The van der Waals surface area contributed by atoms with Crippen molar-refractivity contribution in [2.45, 2.75) is 51.6 Å². The quantitative estimate of drug-likeness (QED) is 0.860. The highest BCUT2D eigenvalue weighted by atomic mass is 32.1. The van der Waals surface area contributed by atoms with E-state index in [0.717, 1.165) is 12.8 Å². The van der Waals surface area contributed by atoms with Crippen molar-refractivity contribution in [3.05, 3.63) is 21.9 Å². The van der Waals surface area contributed by atoms with Gasteiger partial charge in [-0.25, -0.2) is 0 Å². The summed E-state index contributed by atoms with van der Waals surface area (Å²) in [6, 6.07) is 4.92. The first-order valence-corrected chi connectivity index (χ1v) is 7.56. The molecular formula is C14H22N2OS. The van der Waals surface area contributed by atoms with Gasteiger partial charge in [-0.2, -0.15) is 0 Å². The molecule has 0 aromatic carbocycles. The van der Waals surface area contributed by atoms with E-state index in [4.69, 9.17) is 0 Å². The molecule has 18 heavy (non-hydrogen) atoms. The lowest BCUT2D eigenvalue weighted by Crippen LogP contribution is -2.39. The molecule has 1 aromatic rings. The number of nitrogens with one attached hydrogen (secondary N) is 2. The fourth-order valence-electron chi connectivity index (χ4n) is 2.38. The zero-order valence-corrected chi connectivity index (χ0v) is 12.0. The van der Waals surface area contributed by atoms with E-state index in [2.05, 4.69) is 36.6 Å². The lowest BCUT2D eigenvalue weighted by atomic mass is 10.2. The van der Waals surface area contributed by atoms with Crippen molar-refractivity contribution in [2.24, 2.45) is 0 Å². The maximum absolute atomic E-state index is 11.8. The predicted octanol–water partition coefficient (Wildman–Crippen LogP) is 2.77. The zero-order valence-electron chi connectivity index (χ0n) is 11.2. The smallest absolute Gasteiger partial charge is 0.234 e. The predicted molar refractivity (Wildman–Crippen MR) is 75.9 cm³/mol. The minimum Gasteiger partial charge on any atom is -0.352 e. The molecule has 1 heterocycles. The van der Waals surface area contributed by atoms with Gasteiger partial charge in [-0.3, -0.25) is 4.79 Å². The average molecular weight is 266 g/mol. The standard InChI is InChI=1S/C14H22N2OS/c1-10-7-8-13(18-10)11(2)15-9-14(17)16-12-5-3-4-6-12/h7-8,11-12,15H,3-6,9H2,1-2H3,(H,16,17). The number of carbonyl (C=O) groups is 1. The van der Waals surface area contributed by atoms with Crippen LogP contribution in [0.25, 0.3) is 0 Å². The number of rotatable bonds is 5. The molecule has 2 rings (SSSR count). The Balaban J connectivity index is 1.71. The molecule has 100 valence electrons. The van der Waals surface area contributed by atoms with E-state index in [1.807, 2.05) is 0 Å². The first-order chi connectivity index (χ1) is 8.65. The van der Waals surface area contributed by atoms with Crippen LogP contribution in [0.2, 0.25) is 0 Å². The number of aryl methyl sites for hydroxylation is 1. The summed E-state index contributed by atoms with van der Waals surface area (Å²) in [7, 11) is 0. The van der Waals surface area contributed by atoms with Gasteiger partial charge < -0.3 is 10.6 Å². The Bertz CT molecular complexity index is 396. The second-order valence-electron chi connectivity index (χ2n) is 5.10. The van der Waals surface area contributed by atoms with Gasteiger partial charge in [0, 0.05) is 21.8 Å². The van der Waals surface area contributed by atoms with E-state index in [1.54, 1.807) is 11.3 Å². The lowest BCUT2D eigenvalue weighted by Gasteiger charge is -2.15. The molecule has 3 nitrogen and oxygen atoms in total. The maximum Gasteiger partial charge on any atom is 0.234 e. The first kappa shape index (κ1) is 13.6. The van der Waals surface area contributed by atoms with E-state index in [0.29, 0.717) is 12.6 Å². The van der Waals surface area contributed by atoms with Crippen molar-refractivity contribution >= 4 is 17.2 Å². The second-order valence-corrected chi connectivity index (χ2v) is 6.42. The van der Waals surface area contributed by atoms with Crippen LogP contribution in [0.15, 0.2) is 12.1 Å². The van der Waals surface area contributed by atoms with Crippen LogP contribution in [0.3, 0.4) is 0 Å². The van der Waals surface area contributed by atoms with Gasteiger partial charge in [-0.1, -0.05) is 12.8 Å². The molecule has 1 aromatic heterocycles. The van der Waals surface area contributed by atoms with Gasteiger partial charge in [0.05, 0.1) is 6.54 Å². The Kier molecular flexibility index (Phi) is 4.78. The van der Waals surface area contributed by atoms with Gasteiger partial charge in [0.15, 0.2) is 0 Å². The first-order valence-electron chi connectivity index (χ1n) is 6.74. The van der Waals surface area contributed by atoms with Crippen LogP contribution in [-0.4, -0.2) is 18.5 Å². The molecule has 2 N–H and O–H groups in total. The van der Waals surface area contributed by atoms with Crippen LogP contribution in [0.5, 0.6) is 0 Å². The van der Waals surface area contributed by atoms with E-state index < -0.39 is 0 Å². The summed E-state index contributed by atoms with van der Waals surface area (Å²) in [5, 5.41) is 6.38. The molecule has 1 unspecified atom stereocenters. The van der Waals surface area contributed by atoms with Crippen molar-refractivity contribution in [2.75, 3.05) is 6.54 Å². The SMILES string of the molecule is Cc1ccc(C(C)NCC(=O)NC2CCCC2)s1. The Morgan fingerprint density at radius 3 is 2.78 bits per heavy atom. The number of hydrogen-bond donors (Lipinski definition) is 2. The van der Waals surface area contributed by atoms with Gasteiger partial charge >= 0.3 is 0 Å². The van der Waals surface area contributed by atoms with Crippen molar-refractivity contribution in [1.82, 2.24) is 10.6 Å². The highest BCUT2D eigenvalue weighted by molar-refractivity contribution is 7.12. The maximum atomic E-state index is 11.8. The number of hydrogen-bond acceptors (Lipinski definition) is 3. The molecule has 0 radical (unpaired) electrons. The minimum absolute atomic E-state index is 0.127. The molecular weight excluding hydrogens is 244 g/mol. The average Bonchev–Trinajstić information content (AvgIpc) is 2.97. The summed E-state index contributed by atoms with van der Waals surface area (Å²) in [5.41, 5.74) is 0. The summed E-state index contributed by atoms with van der Waals surface area (Å²) >= 11 is 1.79. The summed E-state index contributed by atoms with van der Waals surface area (Å²) in [6.07, 6.45) is 4.79. The Morgan fingerprint density at radius 1 is 1.44 bits per heavy atom. The van der Waals surface area contributed by atoms with Crippen LogP contribution in [0.4, 0.5) is 0 Å². The van der Waals surface area contributed by atoms with E-state index >= 15 is 0 Å². The van der Waals surface area contributed by atoms with Crippen LogP contribution in [-0.2, 0) is 4.79 Å². The summed E-state index contributed by atoms with van der Waals surface area (Å²) in [4.78, 5) is 14.4. The molecule has 1 aliphatic rings. The lowest BCUT2D eigenvalue weighted by molar-refractivity contribution is -0.121. The van der Waals surface area contributed by atoms with Gasteiger partial charge in [0.1, 0.15) is 0 Å². The third-order valence-corrected chi connectivity index (χ3v) is 4.66. The molecule has 0 spiro atoms. The molecule has 1 atom stereocenters. The van der Waals surface area contributed by atoms with Crippen molar-refractivity contribution in [1.29, 1.82) is 0 Å². The normalized spacial score (nSPS) is 17.9. The van der Waals surface area contributed by atoms with Crippen molar-refractivity contribution < 1.29 is 4.79 Å². The monoisotopic (exact) mass is 266 g/mol. The minimum atomic E-state index is 0.127. The molecule has 4 heteroatoms. The Hall–Kier alpha value is -0.870. The molecule has 1 aliphatic carbocycles. The van der Waals surface area contributed by atoms with Crippen LogP contribution in [0, 0.1) is 6.92 Å². The Morgan fingerprint density at radius 2 is 2.17 bits per heavy atom. The topological polar surface area (TPSA) is 41.1 Å². The highest BCUT2D eigenvalue weighted by Gasteiger charge is 2.17. The fraction of sp³-hybridized carbons (Fsp3) is 0.643. The molecule has 0 saturated heterocycles. The largest absolute Gasteiger partial charge is 0.352 e. The van der Waals surface area contributed by atoms with Crippen LogP contribution >= 0.6 is 11.3 Å². The van der Waals surface area contributed by atoms with E-state index in [1.165, 1.54) is 22.6 Å². The van der Waals surface area contributed by atoms with Crippen LogP contribution < -0.4 is 10.6 Å². The number of carbonyl (C=O) groups excluding carboxylic acids is 1. The number of thiophene rings is 1. The summed E-state index contributed by atoms with van der Waals surface area (Å²) in [5.74, 6) is 0.127. The third-order valence-electron chi connectivity index (χ3n) is 3.48. The van der Waals surface area contributed by atoms with Gasteiger partial charge in [-0.15, -0.1) is 11.3 Å². The molecule has 1 fully saturated rings. The summed E-state index contributed by atoms with van der Waals surface area (Å²) in [6.45, 7) is 4.62. The van der Waals surface area contributed by atoms with E-state index in [9.17, 15) is 4.79 Å². The molecule has 0 bridgehead atoms. The highest BCUT2D eigenvalue weighted by Crippen LogP contribution is 2.22. The third kappa shape index (κ3) is 3.82. The molecule has 1 saturated carbocycles. The zero-order chi connectivity index (χ0) is 13.0. The fourth-order valence-corrected chi connectivity index (χ4v) is 3.29. The van der Waals surface area contributed by atoms with Crippen molar-refractivity contribution in [3.8, 4) is 0 Å². The van der Waals surface area contributed by atoms with Gasteiger partial charge in [0.25, 0.3) is 0 Å². The van der Waals surface area contributed by atoms with E-state index in [-0.39, 0.29) is 11.9 Å². The van der Waals surface area contributed by atoms with Crippen molar-refractivity contribution in [3.63, 3.8) is 0 Å². The second kappa shape index (κ2) is 6.34. The van der Waals surface area contributed by atoms with Gasteiger partial charge in [-0.05, 0) is 38.8 Å². The summed E-state index contributed by atoms with van der Waals surface area (Å²) < 4.78 is 0. The number of amides is 1. The van der Waals surface area contributed by atoms with Crippen LogP contribution in [0.1, 0.15) is 48.4 Å². The molecule has 1 amide bonds.